The van der Waals surface area contributed by atoms with Crippen molar-refractivity contribution in [2.75, 3.05) is 12.0 Å². The molecule has 3 aromatic rings. The number of fused-ring (bicyclic) bond motifs is 1. The number of aromatic amines is 1. The zero-order valence-corrected chi connectivity index (χ0v) is 13.6. The third kappa shape index (κ3) is 3.71. The van der Waals surface area contributed by atoms with Crippen molar-refractivity contribution in [3.05, 3.63) is 60.2 Å². The molecule has 3 rings (SSSR count). The molecular formula is C17H18N4OS. The van der Waals surface area contributed by atoms with Gasteiger partial charge in [0.05, 0.1) is 17.1 Å². The van der Waals surface area contributed by atoms with Crippen LogP contribution in [0.2, 0.25) is 0 Å². The first-order valence-corrected chi connectivity index (χ1v) is 8.83. The Bertz CT molecular complexity index is 754. The zero-order valence-electron chi connectivity index (χ0n) is 12.8. The Labute approximate surface area is 138 Å². The molecule has 1 amide bonds. The number of rotatable bonds is 6. The molecule has 0 unspecified atom stereocenters. The fourth-order valence-electron chi connectivity index (χ4n) is 2.38. The minimum atomic E-state index is -0.183. The average molecular weight is 326 g/mol. The number of hydrogen-bond donors (Lipinski definition) is 2. The summed E-state index contributed by atoms with van der Waals surface area (Å²) in [4.78, 5) is 24.4. The highest BCUT2D eigenvalue weighted by molar-refractivity contribution is 7.98. The number of imidazole rings is 1. The molecule has 0 fully saturated rings. The van der Waals surface area contributed by atoms with Crippen LogP contribution in [0.1, 0.15) is 28.8 Å². The van der Waals surface area contributed by atoms with Crippen molar-refractivity contribution in [3.8, 4) is 0 Å². The highest BCUT2D eigenvalue weighted by Gasteiger charge is 2.19. The number of aromatic nitrogens is 3. The van der Waals surface area contributed by atoms with Crippen molar-refractivity contribution in [2.24, 2.45) is 0 Å². The molecule has 2 heterocycles. The summed E-state index contributed by atoms with van der Waals surface area (Å²) in [6, 6.07) is 13.0. The number of hydrogen-bond acceptors (Lipinski definition) is 4. The summed E-state index contributed by atoms with van der Waals surface area (Å²) in [7, 11) is 0. The van der Waals surface area contributed by atoms with E-state index in [0.717, 1.165) is 29.0 Å². The van der Waals surface area contributed by atoms with Gasteiger partial charge in [-0.1, -0.05) is 18.2 Å². The second kappa shape index (κ2) is 7.28. The van der Waals surface area contributed by atoms with E-state index in [1.54, 1.807) is 36.2 Å². The van der Waals surface area contributed by atoms with Gasteiger partial charge in [0.2, 0.25) is 0 Å². The number of thioether (sulfide) groups is 1. The molecule has 5 nitrogen and oxygen atoms in total. The van der Waals surface area contributed by atoms with Gasteiger partial charge in [-0.05, 0) is 42.7 Å². The van der Waals surface area contributed by atoms with Crippen molar-refractivity contribution in [1.29, 1.82) is 0 Å². The molecule has 118 valence electrons. The minimum absolute atomic E-state index is 0.163. The van der Waals surface area contributed by atoms with E-state index < -0.39 is 0 Å². The van der Waals surface area contributed by atoms with Gasteiger partial charge in [-0.15, -0.1) is 0 Å². The maximum absolute atomic E-state index is 12.4. The summed E-state index contributed by atoms with van der Waals surface area (Å²) < 4.78 is 0. The van der Waals surface area contributed by atoms with Gasteiger partial charge in [-0.2, -0.15) is 11.8 Å². The Kier molecular flexibility index (Phi) is 4.92. The first-order valence-electron chi connectivity index (χ1n) is 7.43. The molecule has 0 aliphatic rings. The van der Waals surface area contributed by atoms with Crippen LogP contribution in [-0.4, -0.2) is 32.9 Å². The number of pyridine rings is 1. The van der Waals surface area contributed by atoms with Crippen LogP contribution in [0, 0.1) is 0 Å². The Morgan fingerprint density at radius 3 is 2.83 bits per heavy atom. The third-order valence-electron chi connectivity index (χ3n) is 3.55. The number of carbonyl (C=O) groups is 1. The fraction of sp³-hybridized carbons (Fsp3) is 0.235. The predicted octanol–water partition coefficient (Wildman–Crippen LogP) is 3.18. The monoisotopic (exact) mass is 326 g/mol. The molecule has 1 aromatic carbocycles. The highest BCUT2D eigenvalue weighted by atomic mass is 32.2. The van der Waals surface area contributed by atoms with Crippen LogP contribution in [-0.2, 0) is 0 Å². The van der Waals surface area contributed by atoms with E-state index in [9.17, 15) is 4.79 Å². The fourth-order valence-corrected chi connectivity index (χ4v) is 2.85. The maximum Gasteiger partial charge on any atom is 0.270 e. The van der Waals surface area contributed by atoms with E-state index in [-0.39, 0.29) is 11.9 Å². The van der Waals surface area contributed by atoms with Gasteiger partial charge in [0.15, 0.2) is 0 Å². The molecule has 0 radical (unpaired) electrons. The molecule has 0 bridgehead atoms. The van der Waals surface area contributed by atoms with Gasteiger partial charge in [0, 0.05) is 6.20 Å². The van der Waals surface area contributed by atoms with E-state index in [0.29, 0.717) is 5.69 Å². The Morgan fingerprint density at radius 2 is 2.09 bits per heavy atom. The molecule has 0 aliphatic heterocycles. The molecule has 23 heavy (non-hydrogen) atoms. The van der Waals surface area contributed by atoms with E-state index in [1.165, 1.54) is 0 Å². The normalized spacial score (nSPS) is 12.2. The lowest BCUT2D eigenvalue weighted by Crippen LogP contribution is -2.30. The molecule has 1 atom stereocenters. The van der Waals surface area contributed by atoms with Crippen LogP contribution < -0.4 is 5.32 Å². The summed E-state index contributed by atoms with van der Waals surface area (Å²) in [5.74, 6) is 1.53. The third-order valence-corrected chi connectivity index (χ3v) is 4.20. The average Bonchev–Trinajstić information content (AvgIpc) is 3.03. The van der Waals surface area contributed by atoms with Crippen molar-refractivity contribution < 1.29 is 4.79 Å². The second-order valence-electron chi connectivity index (χ2n) is 5.16. The van der Waals surface area contributed by atoms with E-state index in [2.05, 4.69) is 26.5 Å². The van der Waals surface area contributed by atoms with Gasteiger partial charge in [0.1, 0.15) is 11.5 Å². The number of nitrogens with zero attached hydrogens (tertiary/aromatic N) is 2. The lowest BCUT2D eigenvalue weighted by molar-refractivity contribution is 0.0929. The van der Waals surface area contributed by atoms with Crippen molar-refractivity contribution >= 4 is 28.7 Å². The highest BCUT2D eigenvalue weighted by Crippen LogP contribution is 2.20. The predicted molar refractivity (Wildman–Crippen MR) is 93.5 cm³/mol. The molecule has 0 saturated heterocycles. The van der Waals surface area contributed by atoms with Gasteiger partial charge in [-0.3, -0.25) is 9.78 Å². The second-order valence-corrected chi connectivity index (χ2v) is 6.15. The van der Waals surface area contributed by atoms with E-state index >= 15 is 0 Å². The van der Waals surface area contributed by atoms with Gasteiger partial charge >= 0.3 is 0 Å². The minimum Gasteiger partial charge on any atom is -0.341 e. The number of amides is 1. The van der Waals surface area contributed by atoms with Crippen LogP contribution in [0.5, 0.6) is 0 Å². The first-order chi connectivity index (χ1) is 11.3. The summed E-state index contributed by atoms with van der Waals surface area (Å²) in [5, 5.41) is 3.04. The Balaban J connectivity index is 1.83. The lowest BCUT2D eigenvalue weighted by atomic mass is 10.2. The summed E-state index contributed by atoms with van der Waals surface area (Å²) in [6.45, 7) is 0. The molecule has 0 saturated carbocycles. The van der Waals surface area contributed by atoms with Crippen LogP contribution in [0.4, 0.5) is 0 Å². The van der Waals surface area contributed by atoms with Gasteiger partial charge in [0.25, 0.3) is 5.91 Å². The first kappa shape index (κ1) is 15.6. The Morgan fingerprint density at radius 1 is 1.26 bits per heavy atom. The molecule has 0 spiro atoms. The Hall–Kier alpha value is -2.34. The molecule has 2 N–H and O–H groups in total. The quantitative estimate of drug-likeness (QED) is 0.730. The number of H-pyrrole nitrogens is 1. The van der Waals surface area contributed by atoms with Crippen molar-refractivity contribution in [2.45, 2.75) is 12.5 Å². The summed E-state index contributed by atoms with van der Waals surface area (Å²) in [6.07, 6.45) is 4.48. The lowest BCUT2D eigenvalue weighted by Gasteiger charge is -2.16. The van der Waals surface area contributed by atoms with Crippen molar-refractivity contribution in [1.82, 2.24) is 20.3 Å². The molecule has 2 aromatic heterocycles. The number of nitrogens with one attached hydrogen (secondary N) is 2. The maximum atomic E-state index is 12.4. The summed E-state index contributed by atoms with van der Waals surface area (Å²) >= 11 is 1.75. The number of para-hydroxylation sites is 2. The summed E-state index contributed by atoms with van der Waals surface area (Å²) in [5.41, 5.74) is 2.30. The van der Waals surface area contributed by atoms with Gasteiger partial charge < -0.3 is 10.3 Å². The van der Waals surface area contributed by atoms with Crippen LogP contribution in [0.25, 0.3) is 11.0 Å². The SMILES string of the molecule is CSCC[C@@H](NC(=O)c1ccccn1)c1nc2ccccc2[nH]1. The van der Waals surface area contributed by atoms with Crippen LogP contribution >= 0.6 is 11.8 Å². The van der Waals surface area contributed by atoms with Crippen LogP contribution in [0.3, 0.4) is 0 Å². The van der Waals surface area contributed by atoms with Crippen molar-refractivity contribution in [3.63, 3.8) is 0 Å². The van der Waals surface area contributed by atoms with Crippen LogP contribution in [0.15, 0.2) is 48.7 Å². The number of benzene rings is 1. The zero-order chi connectivity index (χ0) is 16.1. The van der Waals surface area contributed by atoms with E-state index in [4.69, 9.17) is 0 Å². The van der Waals surface area contributed by atoms with Gasteiger partial charge in [-0.25, -0.2) is 4.98 Å². The molecular weight excluding hydrogens is 308 g/mol. The topological polar surface area (TPSA) is 70.7 Å². The molecule has 6 heteroatoms. The number of carbonyl (C=O) groups excluding carboxylic acids is 1. The molecule has 0 aliphatic carbocycles. The van der Waals surface area contributed by atoms with E-state index in [1.807, 2.05) is 24.3 Å². The largest absolute Gasteiger partial charge is 0.341 e. The standard InChI is InChI=1S/C17H18N4OS/c1-23-11-9-14(21-17(22)15-8-4-5-10-18-15)16-19-12-6-2-3-7-13(12)20-16/h2-8,10,14H,9,11H2,1H3,(H,19,20)(H,21,22)/t14-/m1/s1. The smallest absolute Gasteiger partial charge is 0.270 e.